The second-order valence-corrected chi connectivity index (χ2v) is 9.32. The number of aliphatic hydroxyl groups is 1. The molecule has 2 heterocycles. The van der Waals surface area contributed by atoms with Crippen molar-refractivity contribution in [2.75, 3.05) is 26.2 Å². The summed E-state index contributed by atoms with van der Waals surface area (Å²) in [5.74, 6) is 0.429. The normalized spacial score (nSPS) is 23.1. The van der Waals surface area contributed by atoms with Crippen molar-refractivity contribution in [2.45, 2.75) is 70.6 Å². The Kier molecular flexibility index (Phi) is 7.53. The topological polar surface area (TPSA) is 72.9 Å². The molecule has 2 aliphatic heterocycles. The zero-order chi connectivity index (χ0) is 21.7. The lowest BCUT2D eigenvalue weighted by Crippen LogP contribution is -2.73. The van der Waals surface area contributed by atoms with Crippen molar-refractivity contribution in [1.29, 1.82) is 0 Å². The quantitative estimate of drug-likeness (QED) is 0.683. The number of β-amino-alcohol motifs (C(OH)–C–C–N with tert-alkyl or cyclic N) is 1. The minimum Gasteiger partial charge on any atom is -0.391 e. The average molecular weight is 416 g/mol. The van der Waals surface area contributed by atoms with Gasteiger partial charge < -0.3 is 20.2 Å². The van der Waals surface area contributed by atoms with Crippen LogP contribution in [0.4, 0.5) is 0 Å². The molecule has 6 heteroatoms. The van der Waals surface area contributed by atoms with E-state index in [0.717, 1.165) is 12.0 Å². The molecule has 2 fully saturated rings. The van der Waals surface area contributed by atoms with Gasteiger partial charge in [-0.15, -0.1) is 0 Å². The molecule has 2 saturated heterocycles. The van der Waals surface area contributed by atoms with Gasteiger partial charge in [0, 0.05) is 26.2 Å². The van der Waals surface area contributed by atoms with Gasteiger partial charge in [0.1, 0.15) is 11.6 Å². The number of nitrogens with one attached hydrogen (secondary N) is 1. The molecule has 1 aromatic rings. The number of carbonyl (C=O) groups excluding carboxylic acids is 2. The van der Waals surface area contributed by atoms with Gasteiger partial charge in [0.05, 0.1) is 6.10 Å². The van der Waals surface area contributed by atoms with Gasteiger partial charge in [-0.1, -0.05) is 51.1 Å². The summed E-state index contributed by atoms with van der Waals surface area (Å²) in [5, 5.41) is 13.6. The van der Waals surface area contributed by atoms with Gasteiger partial charge in [-0.25, -0.2) is 0 Å². The molecule has 30 heavy (non-hydrogen) atoms. The standard InChI is InChI=1S/C24H37N3O3/c1-4-12-27-22(29)21(15-18(2)3)25-23(30)24(27)10-13-26(14-11-24)17-20(28)16-19-8-6-5-7-9-19/h5-9,18,20-21,28H,4,10-17H2,1-3H3,(H,25,30). The lowest BCUT2D eigenvalue weighted by Gasteiger charge is -2.52. The van der Waals surface area contributed by atoms with E-state index in [0.29, 0.717) is 57.8 Å². The summed E-state index contributed by atoms with van der Waals surface area (Å²) in [5.41, 5.74) is 0.391. The fraction of sp³-hybridized carbons (Fsp3) is 0.667. The van der Waals surface area contributed by atoms with Crippen LogP contribution in [0.25, 0.3) is 0 Å². The molecule has 0 radical (unpaired) electrons. The van der Waals surface area contributed by atoms with Gasteiger partial charge in [0.25, 0.3) is 0 Å². The van der Waals surface area contributed by atoms with Crippen molar-refractivity contribution >= 4 is 11.8 Å². The number of carbonyl (C=O) groups is 2. The molecule has 0 bridgehead atoms. The Hall–Kier alpha value is -1.92. The SMILES string of the molecule is CCCN1C(=O)C(CC(C)C)NC(=O)C12CCN(CC(O)Cc1ccccc1)CC2. The van der Waals surface area contributed by atoms with E-state index in [9.17, 15) is 14.7 Å². The highest BCUT2D eigenvalue weighted by Crippen LogP contribution is 2.34. The van der Waals surface area contributed by atoms with E-state index in [1.54, 1.807) is 0 Å². The summed E-state index contributed by atoms with van der Waals surface area (Å²) in [6.07, 6.45) is 2.95. The summed E-state index contributed by atoms with van der Waals surface area (Å²) in [4.78, 5) is 30.5. The minimum absolute atomic E-state index is 0.00526. The largest absolute Gasteiger partial charge is 0.391 e. The highest BCUT2D eigenvalue weighted by molar-refractivity contribution is 6.00. The molecule has 0 saturated carbocycles. The van der Waals surface area contributed by atoms with E-state index in [2.05, 4.69) is 31.0 Å². The molecule has 2 atom stereocenters. The molecule has 0 aliphatic carbocycles. The lowest BCUT2D eigenvalue weighted by atomic mass is 9.80. The van der Waals surface area contributed by atoms with Gasteiger partial charge in [-0.05, 0) is 43.6 Å². The fourth-order valence-electron chi connectivity index (χ4n) is 4.91. The Morgan fingerprint density at radius 3 is 2.43 bits per heavy atom. The van der Waals surface area contributed by atoms with E-state index in [-0.39, 0.29) is 11.8 Å². The first kappa shape index (κ1) is 22.8. The number of rotatable bonds is 8. The molecule has 0 aromatic heterocycles. The summed E-state index contributed by atoms with van der Waals surface area (Å²) < 4.78 is 0. The van der Waals surface area contributed by atoms with Gasteiger partial charge in [-0.3, -0.25) is 9.59 Å². The molecule has 6 nitrogen and oxygen atoms in total. The van der Waals surface area contributed by atoms with Crippen LogP contribution in [0.3, 0.4) is 0 Å². The van der Waals surface area contributed by atoms with Gasteiger partial charge in [0.15, 0.2) is 0 Å². The molecule has 2 amide bonds. The van der Waals surface area contributed by atoms with Crippen LogP contribution in [-0.2, 0) is 16.0 Å². The summed E-state index contributed by atoms with van der Waals surface area (Å²) >= 11 is 0. The van der Waals surface area contributed by atoms with Gasteiger partial charge in [-0.2, -0.15) is 0 Å². The van der Waals surface area contributed by atoms with Crippen molar-refractivity contribution in [2.24, 2.45) is 5.92 Å². The summed E-state index contributed by atoms with van der Waals surface area (Å²) in [6.45, 7) is 8.84. The Morgan fingerprint density at radius 1 is 1.17 bits per heavy atom. The molecule has 1 spiro atoms. The fourth-order valence-corrected chi connectivity index (χ4v) is 4.91. The molecule has 166 valence electrons. The first-order valence-corrected chi connectivity index (χ1v) is 11.4. The maximum atomic E-state index is 13.2. The van der Waals surface area contributed by atoms with E-state index in [4.69, 9.17) is 0 Å². The van der Waals surface area contributed by atoms with Crippen LogP contribution in [0.2, 0.25) is 0 Å². The van der Waals surface area contributed by atoms with E-state index >= 15 is 0 Å². The number of hydrogen-bond donors (Lipinski definition) is 2. The highest BCUT2D eigenvalue weighted by atomic mass is 16.3. The first-order valence-electron chi connectivity index (χ1n) is 11.4. The average Bonchev–Trinajstić information content (AvgIpc) is 2.71. The number of benzene rings is 1. The number of likely N-dealkylation sites (tertiary alicyclic amines) is 1. The number of nitrogens with zero attached hydrogens (tertiary/aromatic N) is 2. The number of amides is 2. The molecule has 2 N–H and O–H groups in total. The third-order valence-corrected chi connectivity index (χ3v) is 6.43. The molecule has 3 rings (SSSR count). The summed E-state index contributed by atoms with van der Waals surface area (Å²) in [7, 11) is 0. The Morgan fingerprint density at radius 2 is 1.83 bits per heavy atom. The molecular weight excluding hydrogens is 378 g/mol. The van der Waals surface area contributed by atoms with E-state index < -0.39 is 17.7 Å². The molecule has 2 unspecified atom stereocenters. The number of aliphatic hydroxyl groups excluding tert-OH is 1. The number of piperidine rings is 1. The smallest absolute Gasteiger partial charge is 0.246 e. The van der Waals surface area contributed by atoms with Crippen LogP contribution in [0, 0.1) is 5.92 Å². The van der Waals surface area contributed by atoms with Crippen molar-refractivity contribution in [3.63, 3.8) is 0 Å². The van der Waals surface area contributed by atoms with Crippen molar-refractivity contribution < 1.29 is 14.7 Å². The van der Waals surface area contributed by atoms with Crippen molar-refractivity contribution in [3.8, 4) is 0 Å². The Labute approximate surface area is 180 Å². The number of piperazine rings is 1. The zero-order valence-electron chi connectivity index (χ0n) is 18.6. The number of hydrogen-bond acceptors (Lipinski definition) is 4. The van der Waals surface area contributed by atoms with E-state index in [1.807, 2.05) is 35.2 Å². The maximum Gasteiger partial charge on any atom is 0.246 e. The summed E-state index contributed by atoms with van der Waals surface area (Å²) in [6, 6.07) is 9.61. The Balaban J connectivity index is 1.63. The minimum atomic E-state index is -0.735. The first-order chi connectivity index (χ1) is 14.4. The molecule has 2 aliphatic rings. The highest BCUT2D eigenvalue weighted by Gasteiger charge is 2.53. The van der Waals surface area contributed by atoms with Crippen molar-refractivity contribution in [3.05, 3.63) is 35.9 Å². The third-order valence-electron chi connectivity index (χ3n) is 6.43. The lowest BCUT2D eigenvalue weighted by molar-refractivity contribution is -0.161. The van der Waals surface area contributed by atoms with Crippen LogP contribution in [0.1, 0.15) is 52.0 Å². The second-order valence-electron chi connectivity index (χ2n) is 9.32. The van der Waals surface area contributed by atoms with Crippen LogP contribution < -0.4 is 5.32 Å². The monoisotopic (exact) mass is 415 g/mol. The van der Waals surface area contributed by atoms with Crippen molar-refractivity contribution in [1.82, 2.24) is 15.1 Å². The van der Waals surface area contributed by atoms with E-state index in [1.165, 1.54) is 0 Å². The van der Waals surface area contributed by atoms with Crippen LogP contribution >= 0.6 is 0 Å². The zero-order valence-corrected chi connectivity index (χ0v) is 18.6. The second kappa shape index (κ2) is 9.92. The van der Waals surface area contributed by atoms with Crippen LogP contribution in [-0.4, -0.2) is 70.6 Å². The Bertz CT molecular complexity index is 714. The van der Waals surface area contributed by atoms with Gasteiger partial charge >= 0.3 is 0 Å². The predicted octanol–water partition coefficient (Wildman–Crippen LogP) is 2.21. The maximum absolute atomic E-state index is 13.2. The molecule has 1 aromatic carbocycles. The third kappa shape index (κ3) is 5.03. The van der Waals surface area contributed by atoms with Gasteiger partial charge in [0.2, 0.25) is 11.8 Å². The molecular formula is C24H37N3O3. The van der Waals surface area contributed by atoms with Crippen LogP contribution in [0.5, 0.6) is 0 Å². The predicted molar refractivity (Wildman–Crippen MR) is 118 cm³/mol. The van der Waals surface area contributed by atoms with Crippen LogP contribution in [0.15, 0.2) is 30.3 Å².